The molecule has 1 fully saturated rings. The van der Waals surface area contributed by atoms with Gasteiger partial charge in [0.15, 0.2) is 12.1 Å². The minimum Gasteiger partial charge on any atom is -0.481 e. The van der Waals surface area contributed by atoms with Gasteiger partial charge in [0.05, 0.1) is 19.3 Å². The lowest BCUT2D eigenvalue weighted by Gasteiger charge is -2.24. The van der Waals surface area contributed by atoms with Crippen LogP contribution in [0, 0.1) is 12.8 Å². The normalized spacial score (nSPS) is 24.4. The van der Waals surface area contributed by atoms with Crippen molar-refractivity contribution in [1.82, 2.24) is 9.55 Å². The van der Waals surface area contributed by atoms with Gasteiger partial charge in [0.25, 0.3) is 5.56 Å². The fourth-order valence-electron chi connectivity index (χ4n) is 3.14. The van der Waals surface area contributed by atoms with E-state index in [4.69, 9.17) is 18.7 Å². The monoisotopic (exact) mass is 482 g/mol. The number of aryl methyl sites for hydroxylation is 1. The smallest absolute Gasteiger partial charge is 0.330 e. The number of H-pyrrole nitrogens is 1. The lowest BCUT2D eigenvalue weighted by atomic mass is 9.97. The summed E-state index contributed by atoms with van der Waals surface area (Å²) in [5.74, 6) is -5.07. The van der Waals surface area contributed by atoms with E-state index in [0.29, 0.717) is 0 Å². The first kappa shape index (κ1) is 25.3. The first-order valence-electron chi connectivity index (χ1n) is 9.00. The maximum absolute atomic E-state index is 12.4. The van der Waals surface area contributed by atoms with Crippen molar-refractivity contribution in [1.29, 1.82) is 0 Å². The number of hydrogen-bond donors (Lipinski definition) is 4. The second-order valence-corrected chi connectivity index (χ2v) is 8.55. The molecule has 1 aliphatic rings. The van der Waals surface area contributed by atoms with Gasteiger partial charge in [-0.05, 0) is 6.92 Å². The third-order valence-electron chi connectivity index (χ3n) is 4.60. The first-order valence-corrected chi connectivity index (χ1v) is 11.6. The van der Waals surface area contributed by atoms with E-state index in [2.05, 4.69) is 17.2 Å². The highest BCUT2D eigenvalue weighted by molar-refractivity contribution is 8.39. The lowest BCUT2D eigenvalue weighted by molar-refractivity contribution is -0.157. The van der Waals surface area contributed by atoms with Gasteiger partial charge in [-0.15, -0.1) is 0 Å². The molecule has 1 saturated heterocycles. The zero-order valence-corrected chi connectivity index (χ0v) is 18.4. The number of nitrogens with one attached hydrogen (secondary N) is 1. The molecule has 31 heavy (non-hydrogen) atoms. The molecule has 3 N–H and O–H groups in total. The zero-order chi connectivity index (χ0) is 23.3. The average Bonchev–Trinajstić information content (AvgIpc) is 2.99. The van der Waals surface area contributed by atoms with E-state index in [0.717, 1.165) is 4.57 Å². The number of aliphatic carboxylic acids is 2. The molecule has 5 atom stereocenters. The summed E-state index contributed by atoms with van der Waals surface area (Å²) in [5.41, 5.74) is -1.28. The van der Waals surface area contributed by atoms with Crippen LogP contribution in [0.5, 0.6) is 0 Å². The number of hydrogen-bond acceptors (Lipinski definition) is 9. The van der Waals surface area contributed by atoms with Crippen LogP contribution in [0.4, 0.5) is 0 Å². The van der Waals surface area contributed by atoms with Gasteiger partial charge in [0.2, 0.25) is 7.23 Å². The van der Waals surface area contributed by atoms with Gasteiger partial charge in [-0.1, -0.05) is 12.2 Å². The average molecular weight is 482 g/mol. The number of ether oxygens (including phenoxy) is 3. The van der Waals surface area contributed by atoms with Gasteiger partial charge in [0, 0.05) is 25.3 Å². The van der Waals surface area contributed by atoms with Crippen LogP contribution in [0.2, 0.25) is 0 Å². The highest BCUT2D eigenvalue weighted by Crippen LogP contribution is 2.42. The number of aromatic amines is 1. The summed E-state index contributed by atoms with van der Waals surface area (Å²) in [4.78, 5) is 48.9. The molecule has 0 radical (unpaired) electrons. The van der Waals surface area contributed by atoms with Gasteiger partial charge in [-0.2, -0.15) is 0 Å². The Bertz CT molecular complexity index is 934. The summed E-state index contributed by atoms with van der Waals surface area (Å²) < 4.78 is 34.5. The SMILES string of the molecule is COCCOC1C(O[PH](=O)S)[C@@H](CC(C(=O)O)C(=O)O)O[C@H]1n1cc(C)c(=O)[nH]c1=O. The van der Waals surface area contributed by atoms with Crippen molar-refractivity contribution >= 4 is 31.4 Å². The quantitative estimate of drug-likeness (QED) is 0.140. The Morgan fingerprint density at radius 1 is 1.29 bits per heavy atom. The number of carboxylic acids is 2. The number of carbonyl (C=O) groups is 2. The Kier molecular flexibility index (Phi) is 9.03. The molecule has 13 nitrogen and oxygen atoms in total. The van der Waals surface area contributed by atoms with Gasteiger partial charge in [0.1, 0.15) is 12.2 Å². The molecule has 2 heterocycles. The topological polar surface area (TPSA) is 183 Å². The molecule has 15 heteroatoms. The molecule has 1 aromatic rings. The third-order valence-corrected chi connectivity index (χ3v) is 5.39. The van der Waals surface area contributed by atoms with Crippen molar-refractivity contribution in [3.8, 4) is 0 Å². The lowest BCUT2D eigenvalue weighted by Crippen LogP contribution is -2.41. The van der Waals surface area contributed by atoms with Crippen LogP contribution >= 0.6 is 19.5 Å². The van der Waals surface area contributed by atoms with Crippen LogP contribution in [0.3, 0.4) is 0 Å². The van der Waals surface area contributed by atoms with Gasteiger partial charge < -0.3 is 28.9 Å². The van der Waals surface area contributed by atoms with Gasteiger partial charge >= 0.3 is 17.6 Å². The Balaban J connectivity index is 2.49. The van der Waals surface area contributed by atoms with Crippen LogP contribution in [-0.4, -0.2) is 70.3 Å². The summed E-state index contributed by atoms with van der Waals surface area (Å²) in [6.45, 7) is 1.59. The second-order valence-electron chi connectivity index (χ2n) is 6.69. The molecule has 0 bridgehead atoms. The fourth-order valence-corrected chi connectivity index (χ4v) is 4.02. The van der Waals surface area contributed by atoms with Crippen molar-refractivity contribution in [2.45, 2.75) is 37.9 Å². The molecule has 0 amide bonds. The van der Waals surface area contributed by atoms with E-state index in [1.54, 1.807) is 0 Å². The maximum Gasteiger partial charge on any atom is 0.330 e. The Morgan fingerprint density at radius 3 is 2.48 bits per heavy atom. The molecule has 0 aromatic carbocycles. The van der Waals surface area contributed by atoms with Gasteiger partial charge in [-0.25, -0.2) is 4.79 Å². The van der Waals surface area contributed by atoms with Crippen molar-refractivity contribution in [2.75, 3.05) is 20.3 Å². The molecule has 1 aliphatic heterocycles. The molecular formula is C16H23N2O11PS. The van der Waals surface area contributed by atoms with E-state index in [9.17, 15) is 34.0 Å². The van der Waals surface area contributed by atoms with Crippen molar-refractivity contribution < 1.29 is 43.1 Å². The summed E-state index contributed by atoms with van der Waals surface area (Å²) >= 11 is 3.74. The fraction of sp³-hybridized carbons (Fsp3) is 0.625. The number of aromatic nitrogens is 2. The second kappa shape index (κ2) is 11.1. The number of rotatable bonds is 11. The number of thiol groups is 1. The summed E-state index contributed by atoms with van der Waals surface area (Å²) in [7, 11) is -1.48. The standard InChI is InChI=1S/C16H23N2O11PS/c1-7-6-18(16(24)17-12(7)19)13-11(27-4-3-26-2)10(29-30(25)31)9(28-13)5-8(14(20)21)15(22)23/h6,8-11,13,30H,3-5H2,1-2H3,(H,20,21)(H,22,23)(H,25,31)(H,17,19,24)/t9-,10?,11?,13-/m1/s1. The zero-order valence-electron chi connectivity index (χ0n) is 16.5. The van der Waals surface area contributed by atoms with Crippen LogP contribution < -0.4 is 11.2 Å². The minimum absolute atomic E-state index is 0.000511. The van der Waals surface area contributed by atoms with E-state index >= 15 is 0 Å². The molecule has 0 saturated carbocycles. The highest BCUT2D eigenvalue weighted by atomic mass is 32.7. The third kappa shape index (κ3) is 6.28. The number of carboxylic acid groups (broad SMARTS) is 2. The molecule has 2 rings (SSSR count). The van der Waals surface area contributed by atoms with E-state index in [1.807, 2.05) is 0 Å². The molecule has 0 aliphatic carbocycles. The summed E-state index contributed by atoms with van der Waals surface area (Å²) in [5, 5.41) is 18.4. The van der Waals surface area contributed by atoms with Crippen LogP contribution in [0.15, 0.2) is 15.8 Å². The van der Waals surface area contributed by atoms with Gasteiger partial charge in [-0.3, -0.25) is 28.5 Å². The molecule has 174 valence electrons. The summed E-state index contributed by atoms with van der Waals surface area (Å²) in [6, 6.07) is 0. The van der Waals surface area contributed by atoms with Crippen molar-refractivity contribution in [2.24, 2.45) is 5.92 Å². The Morgan fingerprint density at radius 2 is 1.94 bits per heavy atom. The highest BCUT2D eigenvalue weighted by Gasteiger charge is 2.50. The van der Waals surface area contributed by atoms with Crippen LogP contribution in [-0.2, 0) is 32.9 Å². The first-order chi connectivity index (χ1) is 14.6. The molecule has 0 spiro atoms. The molecular weight excluding hydrogens is 459 g/mol. The van der Waals surface area contributed by atoms with Crippen LogP contribution in [0.1, 0.15) is 18.2 Å². The maximum atomic E-state index is 12.4. The van der Waals surface area contributed by atoms with E-state index in [1.165, 1.54) is 20.2 Å². The minimum atomic E-state index is -2.90. The van der Waals surface area contributed by atoms with E-state index in [-0.39, 0.29) is 18.8 Å². The van der Waals surface area contributed by atoms with Crippen molar-refractivity contribution in [3.63, 3.8) is 0 Å². The van der Waals surface area contributed by atoms with Crippen LogP contribution in [0.25, 0.3) is 0 Å². The molecule has 1 aromatic heterocycles. The Hall–Kier alpha value is -1.96. The predicted octanol–water partition coefficient (Wildman–Crippen LogP) is -0.346. The Labute approximate surface area is 181 Å². The van der Waals surface area contributed by atoms with E-state index < -0.39 is 67.3 Å². The number of nitrogens with zero attached hydrogens (tertiary/aromatic N) is 1. The molecule has 3 unspecified atom stereocenters. The predicted molar refractivity (Wildman–Crippen MR) is 108 cm³/mol. The number of methoxy groups -OCH3 is 1. The largest absolute Gasteiger partial charge is 0.481 e. The van der Waals surface area contributed by atoms with Crippen molar-refractivity contribution in [3.05, 3.63) is 32.6 Å². The summed E-state index contributed by atoms with van der Waals surface area (Å²) in [6.07, 6.45) is -4.15.